The van der Waals surface area contributed by atoms with Crippen molar-refractivity contribution in [2.24, 2.45) is 21.7 Å². The summed E-state index contributed by atoms with van der Waals surface area (Å²) in [6.07, 6.45) is 3.07. The van der Waals surface area contributed by atoms with E-state index in [1.807, 2.05) is 0 Å². The molecule has 4 aromatic carbocycles. The van der Waals surface area contributed by atoms with E-state index in [0.717, 1.165) is 0 Å². The Labute approximate surface area is 290 Å². The van der Waals surface area contributed by atoms with E-state index in [-0.39, 0.29) is 33.6 Å². The number of nitrogens with one attached hydrogen (secondary N) is 2. The Morgan fingerprint density at radius 1 is 0.600 bits per heavy atom. The van der Waals surface area contributed by atoms with Crippen molar-refractivity contribution in [1.82, 2.24) is 0 Å². The summed E-state index contributed by atoms with van der Waals surface area (Å²) in [6.45, 7) is 6.84. The molecule has 0 amide bonds. The zero-order valence-corrected chi connectivity index (χ0v) is 29.3. The molecule has 0 spiro atoms. The molecule has 0 heterocycles. The van der Waals surface area contributed by atoms with Crippen molar-refractivity contribution in [3.63, 3.8) is 0 Å². The van der Waals surface area contributed by atoms with Gasteiger partial charge in [0, 0.05) is 0 Å². The number of nitrogens with zero attached hydrogens (tertiary/aromatic N) is 2. The highest BCUT2D eigenvalue weighted by Gasteiger charge is 2.58. The molecule has 8 N–H and O–H groups in total. The summed E-state index contributed by atoms with van der Waals surface area (Å²) in [5.74, 6) is 0. The zero-order chi connectivity index (χ0) is 36.6. The van der Waals surface area contributed by atoms with Gasteiger partial charge >= 0.3 is 0 Å². The third kappa shape index (κ3) is 4.78. The van der Waals surface area contributed by atoms with Crippen molar-refractivity contribution >= 4 is 32.4 Å². The summed E-state index contributed by atoms with van der Waals surface area (Å²) >= 11 is 0. The van der Waals surface area contributed by atoms with Crippen LogP contribution < -0.4 is 11.5 Å². The molecule has 258 valence electrons. The molecular weight excluding hydrogens is 677 g/mol. The molecule has 50 heavy (non-hydrogen) atoms. The summed E-state index contributed by atoms with van der Waals surface area (Å²) in [7, 11) is -9.97. The van der Waals surface area contributed by atoms with Crippen LogP contribution in [-0.2, 0) is 29.7 Å². The molecule has 0 aromatic heterocycles. The van der Waals surface area contributed by atoms with Gasteiger partial charge in [-0.15, -0.1) is 0 Å². The summed E-state index contributed by atoms with van der Waals surface area (Å²) in [5, 5.41) is 7.05. The van der Waals surface area contributed by atoms with E-state index in [4.69, 9.17) is 22.5 Å². The molecule has 0 saturated carbocycles. The number of rotatable bonds is 7. The van der Waals surface area contributed by atoms with Crippen LogP contribution in [0.4, 0.5) is 0 Å². The van der Waals surface area contributed by atoms with E-state index < -0.39 is 41.8 Å². The third-order valence-corrected chi connectivity index (χ3v) is 13.0. The monoisotopic (exact) mass is 712 g/mol. The van der Waals surface area contributed by atoms with Gasteiger partial charge in [-0.25, -0.2) is 11.1 Å². The molecule has 14 heteroatoms. The van der Waals surface area contributed by atoms with Gasteiger partial charge < -0.3 is 11.5 Å². The number of hydrogen-bond acceptors (Lipinski definition) is 10. The Balaban J connectivity index is 1.59. The first-order chi connectivity index (χ1) is 23.5. The molecule has 4 unspecified atom stereocenters. The molecule has 4 atom stereocenters. The predicted octanol–water partition coefficient (Wildman–Crippen LogP) is 6.28. The predicted molar refractivity (Wildman–Crippen MR) is 191 cm³/mol. The van der Waals surface area contributed by atoms with Gasteiger partial charge in [0.05, 0.1) is 23.5 Å². The van der Waals surface area contributed by atoms with Crippen LogP contribution in [0.1, 0.15) is 55.6 Å². The molecule has 0 bridgehead atoms. The standard InChI is InChI=1S/C36H36N6O6S2/c1-19-13-25(14-20(2)31(19)35(49(43,44)45)27-11-7-5-9-23(27)17-29(41-39)33(35)37)26-15-21(3)32(22(4)16-26)36(50(46,47)48)28-12-8-6-10-24(28)18-30(42-40)34(36)38/h5-18,33-34,39-40H,37-38H2,1-4H3,(H,43,44,45)(H,46,47,48). The minimum Gasteiger partial charge on any atom is -0.321 e. The maximum atomic E-state index is 13.6. The molecule has 2 aliphatic carbocycles. The highest BCUT2D eigenvalue weighted by atomic mass is 32.2. The number of nitrogens with two attached hydrogens (primary N) is 2. The Morgan fingerprint density at radius 2 is 0.900 bits per heavy atom. The SMILES string of the molecule is Cc1cc(-c2cc(C)c(C3(S(=O)(=O)O)c4ccccc4C=C(N=N)C3N)c(C)c2)cc(C)c1C1(S(=O)(=O)O)c2ccccc2C=C(N=N)C1N. The van der Waals surface area contributed by atoms with Gasteiger partial charge in [0.25, 0.3) is 20.2 Å². The van der Waals surface area contributed by atoms with Gasteiger partial charge in [-0.2, -0.15) is 27.1 Å². The van der Waals surface area contributed by atoms with Gasteiger partial charge in [0.1, 0.15) is 0 Å². The van der Waals surface area contributed by atoms with Crippen LogP contribution >= 0.6 is 0 Å². The number of fused-ring (bicyclic) bond motifs is 2. The zero-order valence-electron chi connectivity index (χ0n) is 27.6. The maximum absolute atomic E-state index is 13.6. The van der Waals surface area contributed by atoms with Crippen LogP contribution in [0, 0.1) is 38.8 Å². The van der Waals surface area contributed by atoms with Crippen LogP contribution in [0.25, 0.3) is 23.3 Å². The molecule has 12 nitrogen and oxygen atoms in total. The van der Waals surface area contributed by atoms with E-state index in [1.165, 1.54) is 12.2 Å². The molecule has 6 rings (SSSR count). The van der Waals surface area contributed by atoms with Gasteiger partial charge in [-0.1, -0.05) is 72.8 Å². The Bertz CT molecular complexity index is 2210. The number of hydrogen-bond donors (Lipinski definition) is 6. The van der Waals surface area contributed by atoms with E-state index >= 15 is 0 Å². The Hall–Kier alpha value is -4.70. The van der Waals surface area contributed by atoms with E-state index in [0.29, 0.717) is 44.5 Å². The number of benzene rings is 4. The lowest BCUT2D eigenvalue weighted by Gasteiger charge is -2.42. The van der Waals surface area contributed by atoms with E-state index in [9.17, 15) is 25.9 Å². The molecule has 2 aliphatic rings. The summed E-state index contributed by atoms with van der Waals surface area (Å²) < 4.78 is 72.0. The van der Waals surface area contributed by atoms with Gasteiger partial charge in [0.2, 0.25) is 0 Å². The Morgan fingerprint density at radius 3 is 1.18 bits per heavy atom. The molecule has 0 aliphatic heterocycles. The summed E-state index contributed by atoms with van der Waals surface area (Å²) in [6, 6.07) is 17.5. The lowest BCUT2D eigenvalue weighted by Crippen LogP contribution is -2.55. The molecule has 4 aromatic rings. The highest BCUT2D eigenvalue weighted by molar-refractivity contribution is 7.87. The van der Waals surface area contributed by atoms with E-state index in [2.05, 4.69) is 10.2 Å². The normalized spacial score (nSPS) is 23.3. The summed E-state index contributed by atoms with van der Waals surface area (Å²) in [4.78, 5) is 0. The van der Waals surface area contributed by atoms with Crippen LogP contribution in [0.15, 0.2) is 94.4 Å². The molecule has 0 radical (unpaired) electrons. The van der Waals surface area contributed by atoms with Crippen LogP contribution in [0.3, 0.4) is 0 Å². The van der Waals surface area contributed by atoms with Crippen LogP contribution in [-0.4, -0.2) is 38.0 Å². The van der Waals surface area contributed by atoms with Crippen LogP contribution in [0.2, 0.25) is 0 Å². The van der Waals surface area contributed by atoms with Gasteiger partial charge in [0.15, 0.2) is 9.49 Å². The second-order valence-corrected chi connectivity index (χ2v) is 16.1. The fraction of sp³-hybridized carbons (Fsp3) is 0.222. The molecule has 0 saturated heterocycles. The van der Waals surface area contributed by atoms with Gasteiger partial charge in [-0.05, 0) is 107 Å². The highest BCUT2D eigenvalue weighted by Crippen LogP contribution is 2.52. The minimum atomic E-state index is -4.98. The Kier molecular flexibility index (Phi) is 8.41. The van der Waals surface area contributed by atoms with Crippen molar-refractivity contribution in [1.29, 1.82) is 11.1 Å². The second-order valence-electron chi connectivity index (χ2n) is 12.9. The minimum absolute atomic E-state index is 0.0162. The second kappa shape index (κ2) is 12.0. The number of aryl methyl sites for hydroxylation is 4. The quantitative estimate of drug-likeness (QED) is 0.0941. The van der Waals surface area contributed by atoms with Crippen molar-refractivity contribution in [3.05, 3.63) is 140 Å². The topological polar surface area (TPSA) is 233 Å². The van der Waals surface area contributed by atoms with Crippen molar-refractivity contribution in [2.75, 3.05) is 0 Å². The smallest absolute Gasteiger partial charge is 0.281 e. The first-order valence-corrected chi connectivity index (χ1v) is 18.4. The molecular formula is C36H36N6O6S2. The fourth-order valence-corrected chi connectivity index (χ4v) is 11.2. The maximum Gasteiger partial charge on any atom is 0.281 e. The summed E-state index contributed by atoms with van der Waals surface area (Å²) in [5.41, 5.74) is 33.8. The molecule has 0 fully saturated rings. The lowest BCUT2D eigenvalue weighted by molar-refractivity contribution is 0.422. The van der Waals surface area contributed by atoms with Crippen molar-refractivity contribution < 1.29 is 25.9 Å². The largest absolute Gasteiger partial charge is 0.321 e. The van der Waals surface area contributed by atoms with Crippen molar-refractivity contribution in [3.8, 4) is 11.1 Å². The van der Waals surface area contributed by atoms with Crippen molar-refractivity contribution in [2.45, 2.75) is 49.3 Å². The van der Waals surface area contributed by atoms with Gasteiger partial charge in [-0.3, -0.25) is 9.11 Å². The first-order valence-electron chi connectivity index (χ1n) is 15.5. The third-order valence-electron chi connectivity index (χ3n) is 10.1. The van der Waals surface area contributed by atoms with Crippen LogP contribution in [0.5, 0.6) is 0 Å². The fourth-order valence-electron chi connectivity index (χ4n) is 8.24. The average molecular weight is 713 g/mol. The lowest BCUT2D eigenvalue weighted by atomic mass is 9.73. The van der Waals surface area contributed by atoms with E-state index in [1.54, 1.807) is 100 Å². The first kappa shape index (κ1) is 35.1. The average Bonchev–Trinajstić information content (AvgIpc) is 3.04.